The van der Waals surface area contributed by atoms with Crippen LogP contribution in [0.4, 0.5) is 11.5 Å². The van der Waals surface area contributed by atoms with Crippen LogP contribution in [0.15, 0.2) is 67.0 Å². The minimum atomic E-state index is -0.307. The Kier molecular flexibility index (Phi) is 6.75. The van der Waals surface area contributed by atoms with Gasteiger partial charge in [-0.3, -0.25) is 14.0 Å². The molecule has 0 radical (unpaired) electrons. The van der Waals surface area contributed by atoms with Crippen LogP contribution in [0.25, 0.3) is 16.9 Å². The highest BCUT2D eigenvalue weighted by Gasteiger charge is 2.24. The number of anilines is 2. The molecule has 2 aromatic carbocycles. The number of amides is 2. The summed E-state index contributed by atoms with van der Waals surface area (Å²) in [6.45, 7) is 2.25. The summed E-state index contributed by atoms with van der Waals surface area (Å²) in [7, 11) is 0. The maximum atomic E-state index is 13.2. The number of nitrogens with zero attached hydrogens (tertiary/aromatic N) is 3. The van der Waals surface area contributed by atoms with Crippen LogP contribution in [0.3, 0.4) is 0 Å². The van der Waals surface area contributed by atoms with Gasteiger partial charge in [0.15, 0.2) is 11.5 Å². The Morgan fingerprint density at radius 2 is 1.71 bits per heavy atom. The second kappa shape index (κ2) is 10.6. The van der Waals surface area contributed by atoms with Crippen molar-refractivity contribution in [2.24, 2.45) is 5.92 Å². The summed E-state index contributed by atoms with van der Waals surface area (Å²) in [5, 5.41) is 9.39. The van der Waals surface area contributed by atoms with Crippen molar-refractivity contribution in [3.05, 3.63) is 78.2 Å². The smallest absolute Gasteiger partial charge is 0.275 e. The lowest BCUT2D eigenvalue weighted by Crippen LogP contribution is -2.25. The van der Waals surface area contributed by atoms with Gasteiger partial charge in [-0.1, -0.05) is 30.3 Å². The van der Waals surface area contributed by atoms with Gasteiger partial charge in [-0.05, 0) is 55.9 Å². The Morgan fingerprint density at radius 1 is 0.947 bits per heavy atom. The van der Waals surface area contributed by atoms with Gasteiger partial charge in [0, 0.05) is 48.8 Å². The molecule has 9 heteroatoms. The molecular weight excluding hydrogens is 480 g/mol. The lowest BCUT2D eigenvalue weighted by molar-refractivity contribution is 0.0699. The zero-order valence-corrected chi connectivity index (χ0v) is 21.0. The number of para-hydroxylation sites is 1. The first-order valence-electron chi connectivity index (χ1n) is 13.1. The highest BCUT2D eigenvalue weighted by atomic mass is 16.5. The van der Waals surface area contributed by atoms with Gasteiger partial charge in [-0.25, -0.2) is 9.97 Å². The zero-order chi connectivity index (χ0) is 25.9. The largest absolute Gasteiger partial charge is 0.381 e. The molecule has 0 spiro atoms. The van der Waals surface area contributed by atoms with Crippen LogP contribution >= 0.6 is 0 Å². The average Bonchev–Trinajstić information content (AvgIpc) is 3.67. The van der Waals surface area contributed by atoms with Gasteiger partial charge in [-0.2, -0.15) is 0 Å². The minimum Gasteiger partial charge on any atom is -0.381 e. The summed E-state index contributed by atoms with van der Waals surface area (Å²) in [6, 6.07) is 17.1. The van der Waals surface area contributed by atoms with Gasteiger partial charge in [-0.15, -0.1) is 0 Å². The van der Waals surface area contributed by atoms with E-state index < -0.39 is 0 Å². The molecule has 38 heavy (non-hydrogen) atoms. The van der Waals surface area contributed by atoms with E-state index in [4.69, 9.17) is 4.74 Å². The molecule has 3 N–H and O–H groups in total. The zero-order valence-electron chi connectivity index (χ0n) is 21.0. The molecule has 1 saturated heterocycles. The van der Waals surface area contributed by atoms with Gasteiger partial charge >= 0.3 is 0 Å². The maximum absolute atomic E-state index is 13.2. The number of ether oxygens (including phenoxy) is 1. The molecule has 6 rings (SSSR count). The van der Waals surface area contributed by atoms with Crippen LogP contribution in [0.1, 0.15) is 46.5 Å². The van der Waals surface area contributed by atoms with Crippen molar-refractivity contribution in [2.45, 2.75) is 31.7 Å². The van der Waals surface area contributed by atoms with Gasteiger partial charge in [0.05, 0.1) is 11.9 Å². The third kappa shape index (κ3) is 5.38. The molecule has 2 amide bonds. The molecule has 2 fully saturated rings. The number of hydrogen-bond donors (Lipinski definition) is 3. The molecular formula is C29H30N6O3. The van der Waals surface area contributed by atoms with Gasteiger partial charge < -0.3 is 20.7 Å². The van der Waals surface area contributed by atoms with Gasteiger partial charge in [0.2, 0.25) is 0 Å². The van der Waals surface area contributed by atoms with Crippen LogP contribution in [0, 0.1) is 5.92 Å². The van der Waals surface area contributed by atoms with E-state index in [0.717, 1.165) is 56.7 Å². The highest BCUT2D eigenvalue weighted by Crippen LogP contribution is 2.26. The summed E-state index contributed by atoms with van der Waals surface area (Å²) < 4.78 is 7.38. The van der Waals surface area contributed by atoms with Crippen molar-refractivity contribution in [3.8, 4) is 11.3 Å². The number of carbonyl (C=O) groups is 2. The predicted molar refractivity (Wildman–Crippen MR) is 145 cm³/mol. The number of carbonyl (C=O) groups excluding carboxylic acids is 2. The average molecular weight is 511 g/mol. The minimum absolute atomic E-state index is 0.0548. The standard InChI is InChI=1S/C29H30N6O3/c36-28(32-23-10-11-23)21-8-6-20(7-9-21)25-17-31-27-26(30-16-19-12-14-38-15-13-19)34-24(18-35(25)27)29(37)33-22-4-2-1-3-5-22/h1-9,17-19,23H,10-16H2,(H,30,34)(H,32,36)(H,33,37). The summed E-state index contributed by atoms with van der Waals surface area (Å²) >= 11 is 0. The summed E-state index contributed by atoms with van der Waals surface area (Å²) in [4.78, 5) is 34.9. The Hall–Kier alpha value is -4.24. The van der Waals surface area contributed by atoms with Crippen LogP contribution in [-0.2, 0) is 4.74 Å². The first kappa shape index (κ1) is 24.1. The fourth-order valence-electron chi connectivity index (χ4n) is 4.63. The van der Waals surface area contributed by atoms with E-state index in [1.54, 1.807) is 12.4 Å². The van der Waals surface area contributed by atoms with E-state index >= 15 is 0 Å². The second-order valence-electron chi connectivity index (χ2n) is 9.89. The van der Waals surface area contributed by atoms with Crippen molar-refractivity contribution in [3.63, 3.8) is 0 Å². The van der Waals surface area contributed by atoms with E-state index in [-0.39, 0.29) is 17.5 Å². The third-order valence-corrected chi connectivity index (χ3v) is 7.01. The highest BCUT2D eigenvalue weighted by molar-refractivity contribution is 6.03. The number of rotatable bonds is 8. The number of hydrogen-bond acceptors (Lipinski definition) is 6. The second-order valence-corrected chi connectivity index (χ2v) is 9.89. The fraction of sp³-hybridized carbons (Fsp3) is 0.310. The number of aromatic nitrogens is 3. The van der Waals surface area contributed by atoms with Crippen molar-refractivity contribution in [1.29, 1.82) is 0 Å². The predicted octanol–water partition coefficient (Wildman–Crippen LogP) is 4.38. The van der Waals surface area contributed by atoms with Crippen molar-refractivity contribution < 1.29 is 14.3 Å². The van der Waals surface area contributed by atoms with E-state index in [1.807, 2.05) is 59.0 Å². The molecule has 4 aromatic rings. The van der Waals surface area contributed by atoms with Gasteiger partial charge in [0.25, 0.3) is 11.8 Å². The maximum Gasteiger partial charge on any atom is 0.275 e. The molecule has 0 bridgehead atoms. The van der Waals surface area contributed by atoms with Crippen molar-refractivity contribution >= 4 is 29.0 Å². The van der Waals surface area contributed by atoms with Crippen LogP contribution < -0.4 is 16.0 Å². The molecule has 2 aromatic heterocycles. The Bertz CT molecular complexity index is 1440. The third-order valence-electron chi connectivity index (χ3n) is 7.01. The first-order valence-corrected chi connectivity index (χ1v) is 13.1. The first-order chi connectivity index (χ1) is 18.6. The van der Waals surface area contributed by atoms with Gasteiger partial charge in [0.1, 0.15) is 5.69 Å². The van der Waals surface area contributed by atoms with Crippen molar-refractivity contribution in [1.82, 2.24) is 19.7 Å². The molecule has 3 heterocycles. The molecule has 2 aliphatic rings. The van der Waals surface area contributed by atoms with E-state index in [9.17, 15) is 9.59 Å². The molecule has 1 saturated carbocycles. The molecule has 0 unspecified atom stereocenters. The van der Waals surface area contributed by atoms with Crippen LogP contribution in [0.2, 0.25) is 0 Å². The summed E-state index contributed by atoms with van der Waals surface area (Å²) in [5.41, 5.74) is 3.92. The quantitative estimate of drug-likeness (QED) is 0.325. The Labute approximate surface area is 220 Å². The van der Waals surface area contributed by atoms with E-state index in [1.165, 1.54) is 0 Å². The number of fused-ring (bicyclic) bond motifs is 1. The van der Waals surface area contributed by atoms with E-state index in [2.05, 4.69) is 25.9 Å². The van der Waals surface area contributed by atoms with Crippen molar-refractivity contribution in [2.75, 3.05) is 30.4 Å². The molecule has 9 nitrogen and oxygen atoms in total. The number of benzene rings is 2. The SMILES string of the molecule is O=C(NC1CC1)c1ccc(-c2cnc3c(NCC4CCOCC4)nc(C(=O)Nc4ccccc4)cn23)cc1. The molecule has 1 aliphatic heterocycles. The lowest BCUT2D eigenvalue weighted by atomic mass is 10.0. The van der Waals surface area contributed by atoms with Crippen LogP contribution in [0.5, 0.6) is 0 Å². The lowest BCUT2D eigenvalue weighted by Gasteiger charge is -2.22. The summed E-state index contributed by atoms with van der Waals surface area (Å²) in [5.74, 6) is 0.667. The molecule has 1 aliphatic carbocycles. The molecule has 194 valence electrons. The topological polar surface area (TPSA) is 110 Å². The fourth-order valence-corrected chi connectivity index (χ4v) is 4.63. The van der Waals surface area contributed by atoms with E-state index in [0.29, 0.717) is 34.7 Å². The molecule has 0 atom stereocenters. The Morgan fingerprint density at radius 3 is 2.45 bits per heavy atom. The van der Waals surface area contributed by atoms with Crippen LogP contribution in [-0.4, -0.2) is 52.0 Å². The Balaban J connectivity index is 1.32. The number of nitrogens with one attached hydrogen (secondary N) is 3. The number of imidazole rings is 1. The monoisotopic (exact) mass is 510 g/mol. The normalized spacial score (nSPS) is 15.8. The summed E-state index contributed by atoms with van der Waals surface area (Å²) in [6.07, 6.45) is 7.54.